The molecule has 0 amide bonds. The molecule has 0 aliphatic heterocycles. The van der Waals surface area contributed by atoms with Gasteiger partial charge in [-0.3, -0.25) is 0 Å². The minimum absolute atomic E-state index is 0.676. The number of hydrazine groups is 1. The minimum atomic E-state index is 0.676. The van der Waals surface area contributed by atoms with Gasteiger partial charge in [-0.1, -0.05) is 0 Å². The molecule has 0 aromatic carbocycles. The predicted octanol–water partition coefficient (Wildman–Crippen LogP) is 0.433. The number of nitrogen functional groups attached to an aromatic ring is 1. The highest BCUT2D eigenvalue weighted by molar-refractivity contribution is 5.47. The van der Waals surface area contributed by atoms with Gasteiger partial charge in [-0.25, -0.2) is 10.8 Å². The van der Waals surface area contributed by atoms with Crippen molar-refractivity contribution in [3.8, 4) is 0 Å². The number of hydrogen-bond donors (Lipinski definition) is 2. The fourth-order valence-electron chi connectivity index (χ4n) is 0.736. The molecule has 0 saturated carbocycles. The normalized spacial score (nSPS) is 9.36. The zero-order chi connectivity index (χ0) is 8.27. The van der Waals surface area contributed by atoms with E-state index in [0.717, 1.165) is 5.69 Å². The lowest BCUT2D eigenvalue weighted by Crippen LogP contribution is -2.11. The van der Waals surface area contributed by atoms with Crippen molar-refractivity contribution in [3.63, 3.8) is 0 Å². The van der Waals surface area contributed by atoms with Crippen LogP contribution in [0.25, 0.3) is 0 Å². The molecule has 4 heteroatoms. The summed E-state index contributed by atoms with van der Waals surface area (Å²) in [7, 11) is 3.93. The van der Waals surface area contributed by atoms with Gasteiger partial charge in [0.15, 0.2) is 0 Å². The summed E-state index contributed by atoms with van der Waals surface area (Å²) >= 11 is 0. The standard InChI is InChI=1S/C7H12N4/c1-11(2)6-3-4-7(10-8)9-5-6/h3-5H,8H2,1-2H3,(H,9,10). The molecule has 0 spiro atoms. The second kappa shape index (κ2) is 3.21. The van der Waals surface area contributed by atoms with E-state index in [-0.39, 0.29) is 0 Å². The van der Waals surface area contributed by atoms with Crippen LogP contribution in [0.3, 0.4) is 0 Å². The third-order valence-electron chi connectivity index (χ3n) is 1.41. The molecule has 3 N–H and O–H groups in total. The van der Waals surface area contributed by atoms with Crippen molar-refractivity contribution in [1.82, 2.24) is 4.98 Å². The van der Waals surface area contributed by atoms with Crippen molar-refractivity contribution in [2.45, 2.75) is 0 Å². The third-order valence-corrected chi connectivity index (χ3v) is 1.41. The maximum absolute atomic E-state index is 5.15. The minimum Gasteiger partial charge on any atom is -0.376 e. The number of rotatable bonds is 2. The predicted molar refractivity (Wildman–Crippen MR) is 46.4 cm³/mol. The van der Waals surface area contributed by atoms with Crippen molar-refractivity contribution >= 4 is 11.5 Å². The molecule has 0 saturated heterocycles. The Hall–Kier alpha value is -1.29. The Morgan fingerprint density at radius 3 is 2.55 bits per heavy atom. The number of aromatic nitrogens is 1. The van der Waals surface area contributed by atoms with Gasteiger partial charge in [0.2, 0.25) is 0 Å². The number of pyridine rings is 1. The van der Waals surface area contributed by atoms with Gasteiger partial charge in [0.25, 0.3) is 0 Å². The first-order chi connectivity index (χ1) is 5.24. The molecule has 0 bridgehead atoms. The SMILES string of the molecule is CN(C)c1ccc(NN)nc1. The molecule has 1 heterocycles. The molecule has 0 radical (unpaired) electrons. The van der Waals surface area contributed by atoms with Gasteiger partial charge in [0.05, 0.1) is 11.9 Å². The molecule has 1 rings (SSSR count). The van der Waals surface area contributed by atoms with E-state index in [9.17, 15) is 0 Å². The lowest BCUT2D eigenvalue weighted by atomic mass is 10.4. The van der Waals surface area contributed by atoms with Gasteiger partial charge in [0, 0.05) is 14.1 Å². The third kappa shape index (κ3) is 1.81. The summed E-state index contributed by atoms with van der Waals surface area (Å²) in [5, 5.41) is 0. The summed E-state index contributed by atoms with van der Waals surface area (Å²) < 4.78 is 0. The highest BCUT2D eigenvalue weighted by Crippen LogP contribution is 2.10. The molecule has 11 heavy (non-hydrogen) atoms. The van der Waals surface area contributed by atoms with Crippen LogP contribution in [0.1, 0.15) is 0 Å². The topological polar surface area (TPSA) is 54.2 Å². The van der Waals surface area contributed by atoms with Crippen LogP contribution in [0.15, 0.2) is 18.3 Å². The first kappa shape index (κ1) is 7.81. The Kier molecular flexibility index (Phi) is 2.28. The van der Waals surface area contributed by atoms with Crippen LogP contribution >= 0.6 is 0 Å². The molecule has 0 atom stereocenters. The number of nitrogens with one attached hydrogen (secondary N) is 1. The zero-order valence-electron chi connectivity index (χ0n) is 6.70. The first-order valence-electron chi connectivity index (χ1n) is 3.34. The van der Waals surface area contributed by atoms with Crippen LogP contribution in [-0.4, -0.2) is 19.1 Å². The summed E-state index contributed by atoms with van der Waals surface area (Å²) in [6, 6.07) is 3.78. The van der Waals surface area contributed by atoms with E-state index in [1.165, 1.54) is 0 Å². The van der Waals surface area contributed by atoms with E-state index in [0.29, 0.717) is 5.82 Å². The average Bonchev–Trinajstić information content (AvgIpc) is 2.05. The van der Waals surface area contributed by atoms with E-state index in [2.05, 4.69) is 10.4 Å². The molecular weight excluding hydrogens is 140 g/mol. The second-order valence-electron chi connectivity index (χ2n) is 2.44. The molecule has 60 valence electrons. The van der Waals surface area contributed by atoms with Gasteiger partial charge in [-0.05, 0) is 12.1 Å². The number of hydrogen-bond acceptors (Lipinski definition) is 4. The maximum atomic E-state index is 5.15. The first-order valence-corrected chi connectivity index (χ1v) is 3.34. The van der Waals surface area contributed by atoms with E-state index in [1.54, 1.807) is 6.20 Å². The smallest absolute Gasteiger partial charge is 0.140 e. The average molecular weight is 152 g/mol. The Morgan fingerprint density at radius 1 is 1.45 bits per heavy atom. The van der Waals surface area contributed by atoms with Crippen LogP contribution < -0.4 is 16.2 Å². The fourth-order valence-corrected chi connectivity index (χ4v) is 0.736. The maximum Gasteiger partial charge on any atom is 0.140 e. The van der Waals surface area contributed by atoms with Gasteiger partial charge in [-0.15, -0.1) is 0 Å². The quantitative estimate of drug-likeness (QED) is 0.476. The monoisotopic (exact) mass is 152 g/mol. The zero-order valence-corrected chi connectivity index (χ0v) is 6.70. The largest absolute Gasteiger partial charge is 0.376 e. The Bertz CT molecular complexity index is 216. The summed E-state index contributed by atoms with van der Waals surface area (Å²) in [4.78, 5) is 6.02. The molecule has 0 fully saturated rings. The molecule has 4 nitrogen and oxygen atoms in total. The highest BCUT2D eigenvalue weighted by atomic mass is 15.2. The Labute approximate surface area is 66.0 Å². The molecule has 0 aliphatic rings. The van der Waals surface area contributed by atoms with Crippen LogP contribution in [0.2, 0.25) is 0 Å². The summed E-state index contributed by atoms with van der Waals surface area (Å²) in [5.41, 5.74) is 3.52. The van der Waals surface area contributed by atoms with E-state index < -0.39 is 0 Å². The Morgan fingerprint density at radius 2 is 2.18 bits per heavy atom. The van der Waals surface area contributed by atoms with Gasteiger partial charge in [-0.2, -0.15) is 0 Å². The van der Waals surface area contributed by atoms with Gasteiger partial charge >= 0.3 is 0 Å². The van der Waals surface area contributed by atoms with Crippen molar-refractivity contribution < 1.29 is 0 Å². The van der Waals surface area contributed by atoms with Crippen LogP contribution in [0, 0.1) is 0 Å². The van der Waals surface area contributed by atoms with Crippen LogP contribution in [0.4, 0.5) is 11.5 Å². The summed E-state index contributed by atoms with van der Waals surface area (Å²) in [6.45, 7) is 0. The van der Waals surface area contributed by atoms with E-state index >= 15 is 0 Å². The molecule has 1 aromatic heterocycles. The number of nitrogens with zero attached hydrogens (tertiary/aromatic N) is 2. The number of anilines is 2. The second-order valence-corrected chi connectivity index (χ2v) is 2.44. The van der Waals surface area contributed by atoms with Crippen LogP contribution in [0.5, 0.6) is 0 Å². The van der Waals surface area contributed by atoms with E-state index in [1.807, 2.05) is 31.1 Å². The van der Waals surface area contributed by atoms with Crippen molar-refractivity contribution in [1.29, 1.82) is 0 Å². The highest BCUT2D eigenvalue weighted by Gasteiger charge is 1.94. The molecule has 0 aliphatic carbocycles. The molecule has 1 aromatic rings. The Balaban J connectivity index is 2.83. The van der Waals surface area contributed by atoms with Crippen LogP contribution in [-0.2, 0) is 0 Å². The van der Waals surface area contributed by atoms with Gasteiger partial charge in [0.1, 0.15) is 5.82 Å². The van der Waals surface area contributed by atoms with E-state index in [4.69, 9.17) is 5.84 Å². The van der Waals surface area contributed by atoms with Crippen molar-refractivity contribution in [3.05, 3.63) is 18.3 Å². The lowest BCUT2D eigenvalue weighted by molar-refractivity contribution is 1.11. The van der Waals surface area contributed by atoms with Crippen molar-refractivity contribution in [2.24, 2.45) is 5.84 Å². The molecule has 0 unspecified atom stereocenters. The van der Waals surface area contributed by atoms with Crippen molar-refractivity contribution in [2.75, 3.05) is 24.4 Å². The fraction of sp³-hybridized carbons (Fsp3) is 0.286. The molecular formula is C7H12N4. The summed E-state index contributed by atoms with van der Waals surface area (Å²) in [6.07, 6.45) is 1.76. The van der Waals surface area contributed by atoms with Gasteiger partial charge < -0.3 is 10.3 Å². The number of nitrogens with two attached hydrogens (primary N) is 1. The lowest BCUT2D eigenvalue weighted by Gasteiger charge is -2.11. The summed E-state index contributed by atoms with van der Waals surface area (Å²) in [5.74, 6) is 5.83.